The van der Waals surface area contributed by atoms with Crippen LogP contribution in [0.4, 0.5) is 14.4 Å². The van der Waals surface area contributed by atoms with Crippen molar-refractivity contribution in [1.82, 2.24) is 0 Å². The molecule has 0 aliphatic carbocycles. The highest BCUT2D eigenvalue weighted by molar-refractivity contribution is 5.76. The minimum Gasteiger partial charge on any atom is -0.458 e. The zero-order valence-corrected chi connectivity index (χ0v) is 20.7. The number of esters is 1. The molecule has 0 amide bonds. The van der Waals surface area contributed by atoms with E-state index in [1.807, 2.05) is 0 Å². The number of para-hydroxylation sites is 1. The van der Waals surface area contributed by atoms with Gasteiger partial charge in [0.25, 0.3) is 0 Å². The molecule has 0 bridgehead atoms. The SMILES string of the molecule is CCOC(=O)Oc1ccc(C[C@H](N)C(=O)O[C@@H](C)COC(=O)Oc2ccccc2)cc1OC(=O)OCC. The summed E-state index contributed by atoms with van der Waals surface area (Å²) < 4.78 is 34.8. The molecule has 0 unspecified atom stereocenters. The molecule has 2 aromatic rings. The van der Waals surface area contributed by atoms with E-state index in [9.17, 15) is 19.2 Å². The molecular formula is C25H29NO11. The first-order valence-corrected chi connectivity index (χ1v) is 11.4. The minimum atomic E-state index is -1.11. The highest BCUT2D eigenvalue weighted by Gasteiger charge is 2.22. The molecule has 0 aromatic heterocycles. The number of hydrogen-bond donors (Lipinski definition) is 1. The van der Waals surface area contributed by atoms with Gasteiger partial charge in [0.1, 0.15) is 24.5 Å². The zero-order valence-electron chi connectivity index (χ0n) is 20.7. The molecule has 0 saturated heterocycles. The Hall–Kier alpha value is -4.32. The first-order chi connectivity index (χ1) is 17.7. The number of rotatable bonds is 11. The Morgan fingerprint density at radius 3 is 2.00 bits per heavy atom. The Kier molecular flexibility index (Phi) is 11.7. The first kappa shape index (κ1) is 28.9. The molecule has 2 aromatic carbocycles. The van der Waals surface area contributed by atoms with Gasteiger partial charge in [-0.1, -0.05) is 24.3 Å². The van der Waals surface area contributed by atoms with Gasteiger partial charge >= 0.3 is 24.4 Å². The topological polar surface area (TPSA) is 159 Å². The lowest BCUT2D eigenvalue weighted by molar-refractivity contribution is -0.151. The fraction of sp³-hybridized carbons (Fsp3) is 0.360. The third-order valence-electron chi connectivity index (χ3n) is 4.38. The maximum absolute atomic E-state index is 12.4. The molecule has 2 atom stereocenters. The van der Waals surface area contributed by atoms with E-state index in [-0.39, 0.29) is 37.7 Å². The highest BCUT2D eigenvalue weighted by Crippen LogP contribution is 2.30. The maximum atomic E-state index is 12.4. The fourth-order valence-corrected chi connectivity index (χ4v) is 2.77. The molecular weight excluding hydrogens is 490 g/mol. The van der Waals surface area contributed by atoms with E-state index >= 15 is 0 Å². The lowest BCUT2D eigenvalue weighted by Gasteiger charge is -2.17. The summed E-state index contributed by atoms with van der Waals surface area (Å²) in [5.74, 6) is -0.681. The normalized spacial score (nSPS) is 11.9. The van der Waals surface area contributed by atoms with Crippen molar-refractivity contribution < 1.29 is 52.3 Å². The van der Waals surface area contributed by atoms with Crippen LogP contribution in [0, 0.1) is 0 Å². The van der Waals surface area contributed by atoms with Gasteiger partial charge in [-0.05, 0) is 57.0 Å². The molecule has 0 saturated carbocycles. The van der Waals surface area contributed by atoms with Crippen molar-refractivity contribution in [2.75, 3.05) is 19.8 Å². The highest BCUT2D eigenvalue weighted by atomic mass is 16.7. The third kappa shape index (κ3) is 10.4. The average molecular weight is 520 g/mol. The molecule has 0 spiro atoms. The van der Waals surface area contributed by atoms with Gasteiger partial charge in [0.05, 0.1) is 13.2 Å². The van der Waals surface area contributed by atoms with E-state index in [1.54, 1.807) is 44.2 Å². The number of hydrogen-bond acceptors (Lipinski definition) is 12. The van der Waals surface area contributed by atoms with E-state index in [0.717, 1.165) is 0 Å². The molecule has 0 aliphatic heterocycles. The molecule has 0 fully saturated rings. The van der Waals surface area contributed by atoms with Crippen molar-refractivity contribution in [3.63, 3.8) is 0 Å². The average Bonchev–Trinajstić information content (AvgIpc) is 2.85. The Labute approximate surface area is 213 Å². The van der Waals surface area contributed by atoms with E-state index in [0.29, 0.717) is 11.3 Å². The summed E-state index contributed by atoms with van der Waals surface area (Å²) in [6.07, 6.45) is -3.77. The molecule has 0 radical (unpaired) electrons. The second kappa shape index (κ2) is 14.9. The van der Waals surface area contributed by atoms with E-state index in [4.69, 9.17) is 38.9 Å². The summed E-state index contributed by atoms with van der Waals surface area (Å²) in [4.78, 5) is 47.7. The van der Waals surface area contributed by atoms with E-state index < -0.39 is 36.6 Å². The summed E-state index contributed by atoms with van der Waals surface area (Å²) in [6, 6.07) is 11.5. The molecule has 2 rings (SSSR count). The van der Waals surface area contributed by atoms with Crippen LogP contribution in [0.2, 0.25) is 0 Å². The van der Waals surface area contributed by atoms with Gasteiger partial charge in [0.15, 0.2) is 11.5 Å². The Bertz CT molecular complexity index is 1060. The lowest BCUT2D eigenvalue weighted by atomic mass is 10.1. The van der Waals surface area contributed by atoms with Crippen LogP contribution in [-0.2, 0) is 30.2 Å². The van der Waals surface area contributed by atoms with Gasteiger partial charge in [0.2, 0.25) is 0 Å². The third-order valence-corrected chi connectivity index (χ3v) is 4.38. The van der Waals surface area contributed by atoms with Crippen molar-refractivity contribution >= 4 is 24.4 Å². The van der Waals surface area contributed by atoms with Gasteiger partial charge in [-0.2, -0.15) is 0 Å². The smallest absolute Gasteiger partial charge is 0.458 e. The molecule has 0 heterocycles. The van der Waals surface area contributed by atoms with Crippen LogP contribution >= 0.6 is 0 Å². The first-order valence-electron chi connectivity index (χ1n) is 11.4. The summed E-state index contributed by atoms with van der Waals surface area (Å²) in [5, 5.41) is 0. The van der Waals surface area contributed by atoms with Crippen molar-refractivity contribution in [3.8, 4) is 17.2 Å². The minimum absolute atomic E-state index is 0.0126. The maximum Gasteiger partial charge on any atom is 0.513 e. The van der Waals surface area contributed by atoms with Crippen LogP contribution < -0.4 is 19.9 Å². The van der Waals surface area contributed by atoms with Gasteiger partial charge in [0, 0.05) is 0 Å². The predicted octanol–water partition coefficient (Wildman–Crippen LogP) is 3.77. The van der Waals surface area contributed by atoms with Gasteiger partial charge in [-0.3, -0.25) is 4.79 Å². The Morgan fingerprint density at radius 1 is 0.784 bits per heavy atom. The molecule has 12 heteroatoms. The van der Waals surface area contributed by atoms with Crippen molar-refractivity contribution in [2.45, 2.75) is 39.3 Å². The largest absolute Gasteiger partial charge is 0.513 e. The predicted molar refractivity (Wildman–Crippen MR) is 127 cm³/mol. The van der Waals surface area contributed by atoms with Crippen molar-refractivity contribution in [2.24, 2.45) is 5.73 Å². The summed E-state index contributed by atoms with van der Waals surface area (Å²) in [7, 11) is 0. The van der Waals surface area contributed by atoms with E-state index in [2.05, 4.69) is 0 Å². The number of carbonyl (C=O) groups is 4. The van der Waals surface area contributed by atoms with Crippen LogP contribution in [-0.4, -0.2) is 56.4 Å². The molecule has 0 aliphatic rings. The van der Waals surface area contributed by atoms with Crippen LogP contribution in [0.5, 0.6) is 17.2 Å². The molecule has 2 N–H and O–H groups in total. The number of benzene rings is 2. The van der Waals surface area contributed by atoms with Crippen LogP contribution in [0.1, 0.15) is 26.3 Å². The van der Waals surface area contributed by atoms with Gasteiger partial charge in [-0.25, -0.2) is 14.4 Å². The second-order valence-electron chi connectivity index (χ2n) is 7.39. The molecule has 37 heavy (non-hydrogen) atoms. The van der Waals surface area contributed by atoms with Crippen molar-refractivity contribution in [1.29, 1.82) is 0 Å². The van der Waals surface area contributed by atoms with Gasteiger partial charge < -0.3 is 38.9 Å². The van der Waals surface area contributed by atoms with Crippen LogP contribution in [0.3, 0.4) is 0 Å². The summed E-state index contributed by atoms with van der Waals surface area (Å²) in [5.41, 5.74) is 6.44. The monoisotopic (exact) mass is 519 g/mol. The van der Waals surface area contributed by atoms with E-state index in [1.165, 1.54) is 25.1 Å². The lowest BCUT2D eigenvalue weighted by Crippen LogP contribution is -2.37. The number of ether oxygens (including phenoxy) is 7. The zero-order chi connectivity index (χ0) is 27.2. The summed E-state index contributed by atoms with van der Waals surface area (Å²) in [6.45, 7) is 4.62. The summed E-state index contributed by atoms with van der Waals surface area (Å²) >= 11 is 0. The van der Waals surface area contributed by atoms with Crippen molar-refractivity contribution in [3.05, 3.63) is 54.1 Å². The molecule has 200 valence electrons. The van der Waals surface area contributed by atoms with Crippen LogP contribution in [0.15, 0.2) is 48.5 Å². The quantitative estimate of drug-likeness (QED) is 0.260. The standard InChI is InChI=1S/C25H29NO11/c1-4-31-23(28)36-20-12-11-17(14-21(20)37-24(29)32-5-2)13-19(26)22(27)34-16(3)15-33-25(30)35-18-9-7-6-8-10-18/h6-12,14,16,19H,4-5,13,15,26H2,1-3H3/t16-,19-/m0/s1. The van der Waals surface area contributed by atoms with Crippen LogP contribution in [0.25, 0.3) is 0 Å². The number of carbonyl (C=O) groups excluding carboxylic acids is 4. The number of nitrogens with two attached hydrogens (primary N) is 1. The Balaban J connectivity index is 1.94. The Morgan fingerprint density at radius 2 is 1.38 bits per heavy atom. The van der Waals surface area contributed by atoms with Gasteiger partial charge in [-0.15, -0.1) is 0 Å². The molecule has 12 nitrogen and oxygen atoms in total. The fourth-order valence-electron chi connectivity index (χ4n) is 2.77. The second-order valence-corrected chi connectivity index (χ2v) is 7.39.